The molecule has 1 aliphatic heterocycles. The van der Waals surface area contributed by atoms with E-state index in [1.54, 1.807) is 44.8 Å². The second kappa shape index (κ2) is 8.33. The van der Waals surface area contributed by atoms with Crippen LogP contribution in [0.1, 0.15) is 18.4 Å². The molecule has 1 aromatic carbocycles. The molecular formula is C19H22N4O3. The number of nitrogens with one attached hydrogen (secondary N) is 1. The lowest BCUT2D eigenvalue weighted by Crippen LogP contribution is -2.20. The van der Waals surface area contributed by atoms with Gasteiger partial charge in [-0.15, -0.1) is 0 Å². The highest BCUT2D eigenvalue weighted by molar-refractivity contribution is 6.01. The van der Waals surface area contributed by atoms with Crippen molar-refractivity contribution in [2.45, 2.75) is 12.8 Å². The minimum atomic E-state index is -0.252. The van der Waals surface area contributed by atoms with Gasteiger partial charge in [0, 0.05) is 19.2 Å². The first kappa shape index (κ1) is 17.7. The van der Waals surface area contributed by atoms with E-state index < -0.39 is 0 Å². The molecular weight excluding hydrogens is 332 g/mol. The molecule has 2 heterocycles. The molecule has 3 rings (SSSR count). The zero-order valence-electron chi connectivity index (χ0n) is 14.9. The molecule has 1 N–H and O–H groups in total. The lowest BCUT2D eigenvalue weighted by Gasteiger charge is -2.14. The number of hydrogen-bond donors (Lipinski definition) is 1. The molecule has 136 valence electrons. The van der Waals surface area contributed by atoms with Crippen molar-refractivity contribution in [3.05, 3.63) is 42.2 Å². The van der Waals surface area contributed by atoms with Crippen LogP contribution in [0.5, 0.6) is 11.5 Å². The number of aromatic nitrogens is 2. The van der Waals surface area contributed by atoms with Crippen LogP contribution in [0.15, 0.2) is 36.7 Å². The van der Waals surface area contributed by atoms with Crippen molar-refractivity contribution in [2.75, 3.05) is 37.5 Å². The van der Waals surface area contributed by atoms with Gasteiger partial charge in [0.1, 0.15) is 0 Å². The van der Waals surface area contributed by atoms with Crippen molar-refractivity contribution in [1.82, 2.24) is 9.97 Å². The van der Waals surface area contributed by atoms with Gasteiger partial charge in [-0.1, -0.05) is 6.07 Å². The first-order valence-corrected chi connectivity index (χ1v) is 8.47. The highest BCUT2D eigenvalue weighted by Crippen LogP contribution is 2.28. The molecule has 0 atom stereocenters. The number of anilines is 2. The first-order valence-electron chi connectivity index (χ1n) is 8.47. The van der Waals surface area contributed by atoms with Crippen molar-refractivity contribution in [1.29, 1.82) is 0 Å². The van der Waals surface area contributed by atoms with E-state index in [1.807, 2.05) is 6.07 Å². The van der Waals surface area contributed by atoms with E-state index in [0.717, 1.165) is 18.7 Å². The molecule has 7 heteroatoms. The maximum absolute atomic E-state index is 12.1. The lowest BCUT2D eigenvalue weighted by molar-refractivity contribution is -0.111. The Bertz CT molecular complexity index is 784. The third-order valence-electron chi connectivity index (χ3n) is 4.13. The van der Waals surface area contributed by atoms with Gasteiger partial charge in [0.05, 0.1) is 32.3 Å². The maximum Gasteiger partial charge on any atom is 0.248 e. The Balaban J connectivity index is 1.60. The van der Waals surface area contributed by atoms with Crippen LogP contribution >= 0.6 is 0 Å². The van der Waals surface area contributed by atoms with Crippen molar-refractivity contribution >= 4 is 23.6 Å². The number of carbonyl (C=O) groups is 1. The third-order valence-corrected chi connectivity index (χ3v) is 4.13. The zero-order valence-corrected chi connectivity index (χ0v) is 14.9. The summed E-state index contributed by atoms with van der Waals surface area (Å²) in [6.07, 6.45) is 8.75. The zero-order chi connectivity index (χ0) is 18.4. The Labute approximate surface area is 152 Å². The number of carbonyl (C=O) groups excluding carboxylic acids is 1. The Morgan fingerprint density at radius 3 is 2.46 bits per heavy atom. The monoisotopic (exact) mass is 354 g/mol. The van der Waals surface area contributed by atoms with Gasteiger partial charge in [-0.25, -0.2) is 9.97 Å². The molecule has 0 spiro atoms. The van der Waals surface area contributed by atoms with Crippen LogP contribution in [0.3, 0.4) is 0 Å². The maximum atomic E-state index is 12.1. The van der Waals surface area contributed by atoms with Gasteiger partial charge in [-0.2, -0.15) is 0 Å². The number of nitrogens with zero attached hydrogens (tertiary/aromatic N) is 3. The van der Waals surface area contributed by atoms with E-state index in [-0.39, 0.29) is 5.91 Å². The van der Waals surface area contributed by atoms with Crippen LogP contribution < -0.4 is 19.7 Å². The van der Waals surface area contributed by atoms with Crippen LogP contribution in [-0.4, -0.2) is 43.2 Å². The first-order chi connectivity index (χ1) is 12.7. The highest BCUT2D eigenvalue weighted by atomic mass is 16.5. The van der Waals surface area contributed by atoms with Crippen LogP contribution in [0, 0.1) is 0 Å². The summed E-state index contributed by atoms with van der Waals surface area (Å²) >= 11 is 0. The topological polar surface area (TPSA) is 76.6 Å². The summed E-state index contributed by atoms with van der Waals surface area (Å²) in [6, 6.07) is 5.44. The van der Waals surface area contributed by atoms with Gasteiger partial charge in [-0.05, 0) is 36.6 Å². The summed E-state index contributed by atoms with van der Waals surface area (Å²) in [5.41, 5.74) is 1.40. The van der Waals surface area contributed by atoms with Gasteiger partial charge in [0.15, 0.2) is 11.5 Å². The van der Waals surface area contributed by atoms with E-state index in [4.69, 9.17) is 9.47 Å². The molecule has 1 amide bonds. The van der Waals surface area contributed by atoms with Gasteiger partial charge >= 0.3 is 0 Å². The molecule has 0 radical (unpaired) electrons. The quantitative estimate of drug-likeness (QED) is 0.804. The summed E-state index contributed by atoms with van der Waals surface area (Å²) in [4.78, 5) is 22.9. The number of rotatable bonds is 6. The summed E-state index contributed by atoms with van der Waals surface area (Å²) in [5, 5.41) is 2.76. The van der Waals surface area contributed by atoms with E-state index in [9.17, 15) is 4.79 Å². The second-order valence-electron chi connectivity index (χ2n) is 5.90. The number of ether oxygens (including phenoxy) is 2. The Morgan fingerprint density at radius 1 is 1.12 bits per heavy atom. The summed E-state index contributed by atoms with van der Waals surface area (Å²) in [7, 11) is 3.15. The average Bonchev–Trinajstić information content (AvgIpc) is 3.21. The van der Waals surface area contributed by atoms with E-state index in [0.29, 0.717) is 23.1 Å². The van der Waals surface area contributed by atoms with Gasteiger partial charge in [0.25, 0.3) is 0 Å². The lowest BCUT2D eigenvalue weighted by atomic mass is 10.2. The predicted molar refractivity (Wildman–Crippen MR) is 101 cm³/mol. The molecule has 0 bridgehead atoms. The third kappa shape index (κ3) is 4.30. The van der Waals surface area contributed by atoms with Crippen molar-refractivity contribution in [3.8, 4) is 11.5 Å². The van der Waals surface area contributed by atoms with Crippen LogP contribution in [0.4, 0.5) is 11.6 Å². The average molecular weight is 354 g/mol. The largest absolute Gasteiger partial charge is 0.493 e. The minimum Gasteiger partial charge on any atom is -0.493 e. The van der Waals surface area contributed by atoms with Crippen LogP contribution in [-0.2, 0) is 4.79 Å². The fourth-order valence-corrected chi connectivity index (χ4v) is 2.78. The number of amides is 1. The van der Waals surface area contributed by atoms with Crippen LogP contribution in [0.2, 0.25) is 0 Å². The number of methoxy groups -OCH3 is 2. The molecule has 1 aliphatic rings. The normalized spacial score (nSPS) is 13.8. The number of hydrogen-bond acceptors (Lipinski definition) is 6. The molecule has 1 aromatic heterocycles. The fourth-order valence-electron chi connectivity index (χ4n) is 2.78. The molecule has 1 fully saturated rings. The van der Waals surface area contributed by atoms with Crippen molar-refractivity contribution < 1.29 is 14.3 Å². The Kier molecular flexibility index (Phi) is 5.68. The van der Waals surface area contributed by atoms with E-state index >= 15 is 0 Å². The van der Waals surface area contributed by atoms with E-state index in [1.165, 1.54) is 18.9 Å². The van der Waals surface area contributed by atoms with Crippen molar-refractivity contribution in [3.63, 3.8) is 0 Å². The molecule has 1 saturated heterocycles. The predicted octanol–water partition coefficient (Wildman–Crippen LogP) is 2.75. The standard InChI is InChI=1S/C19H22N4O3/c1-25-16-7-5-14(11-17(16)26-2)6-8-18(24)22-15-12-20-19(21-13-15)23-9-3-4-10-23/h5-8,11-13H,3-4,9-10H2,1-2H3,(H,22,24)/b8-6+. The smallest absolute Gasteiger partial charge is 0.248 e. The Hall–Kier alpha value is -3.09. The van der Waals surface area contributed by atoms with Crippen LogP contribution in [0.25, 0.3) is 6.08 Å². The summed E-state index contributed by atoms with van der Waals surface area (Å²) in [6.45, 7) is 1.97. The van der Waals surface area contributed by atoms with Gasteiger partial charge in [0.2, 0.25) is 11.9 Å². The fraction of sp³-hybridized carbons (Fsp3) is 0.316. The second-order valence-corrected chi connectivity index (χ2v) is 5.90. The number of benzene rings is 1. The summed E-state index contributed by atoms with van der Waals surface area (Å²) < 4.78 is 10.4. The summed E-state index contributed by atoms with van der Waals surface area (Å²) in [5.74, 6) is 1.71. The molecule has 26 heavy (non-hydrogen) atoms. The van der Waals surface area contributed by atoms with Crippen molar-refractivity contribution in [2.24, 2.45) is 0 Å². The molecule has 0 aliphatic carbocycles. The highest BCUT2D eigenvalue weighted by Gasteiger charge is 2.14. The molecule has 2 aromatic rings. The van der Waals surface area contributed by atoms with E-state index in [2.05, 4.69) is 20.2 Å². The Morgan fingerprint density at radius 2 is 1.81 bits per heavy atom. The van der Waals surface area contributed by atoms with Gasteiger partial charge < -0.3 is 19.7 Å². The SMILES string of the molecule is COc1ccc(/C=C/C(=O)Nc2cnc(N3CCCC3)nc2)cc1OC. The molecule has 0 unspecified atom stereocenters. The van der Waals surface area contributed by atoms with Gasteiger partial charge in [-0.3, -0.25) is 4.79 Å². The minimum absolute atomic E-state index is 0.252. The molecule has 0 saturated carbocycles. The molecule has 7 nitrogen and oxygen atoms in total.